The molecule has 3 rings (SSSR count). The first-order chi connectivity index (χ1) is 14.8. The number of non-ortho nitro benzene ring substituents is 1. The number of rotatable bonds is 8. The summed E-state index contributed by atoms with van der Waals surface area (Å²) in [6.45, 7) is 2.32. The Kier molecular flexibility index (Phi) is 6.55. The van der Waals surface area contributed by atoms with E-state index in [0.717, 1.165) is 0 Å². The van der Waals surface area contributed by atoms with Crippen molar-refractivity contribution in [3.8, 4) is 5.75 Å². The number of benzene rings is 1. The molecule has 12 heteroatoms. The third kappa shape index (κ3) is 5.01. The first-order valence-corrected chi connectivity index (χ1v) is 9.46. The summed E-state index contributed by atoms with van der Waals surface area (Å²) in [5, 5.41) is 20.0. The molecule has 0 fully saturated rings. The Morgan fingerprint density at radius 1 is 1.29 bits per heavy atom. The van der Waals surface area contributed by atoms with Crippen molar-refractivity contribution < 1.29 is 23.7 Å². The van der Waals surface area contributed by atoms with Gasteiger partial charge in [0.1, 0.15) is 18.1 Å². The predicted molar refractivity (Wildman–Crippen MR) is 110 cm³/mol. The number of ether oxygens (including phenoxy) is 1. The lowest BCUT2D eigenvalue weighted by Gasteiger charge is -2.06. The van der Waals surface area contributed by atoms with Gasteiger partial charge in [-0.2, -0.15) is 5.10 Å². The second-order valence-corrected chi connectivity index (χ2v) is 6.61. The third-order valence-corrected chi connectivity index (χ3v) is 4.45. The average Bonchev–Trinajstić information content (AvgIpc) is 3.39. The zero-order chi connectivity index (χ0) is 22.5. The number of amides is 2. The van der Waals surface area contributed by atoms with Crippen molar-refractivity contribution >= 4 is 34.8 Å². The van der Waals surface area contributed by atoms with Gasteiger partial charge in [0.25, 0.3) is 17.5 Å². The Morgan fingerprint density at radius 2 is 2.06 bits per heavy atom. The number of nitrogens with zero attached hydrogens (tertiary/aromatic N) is 3. The summed E-state index contributed by atoms with van der Waals surface area (Å²) >= 11 is 5.99. The van der Waals surface area contributed by atoms with E-state index in [0.29, 0.717) is 12.3 Å². The van der Waals surface area contributed by atoms with Crippen molar-refractivity contribution in [2.45, 2.75) is 20.1 Å². The van der Waals surface area contributed by atoms with Gasteiger partial charge in [0.2, 0.25) is 0 Å². The lowest BCUT2D eigenvalue weighted by Crippen LogP contribution is -2.21. The van der Waals surface area contributed by atoms with Crippen LogP contribution in [-0.4, -0.2) is 33.6 Å². The Bertz CT molecular complexity index is 1140. The molecule has 0 aliphatic heterocycles. The second kappa shape index (κ2) is 9.30. The molecule has 0 aliphatic carbocycles. The van der Waals surface area contributed by atoms with Crippen LogP contribution in [0, 0.1) is 10.1 Å². The maximum Gasteiger partial charge on any atom is 0.291 e. The van der Waals surface area contributed by atoms with Gasteiger partial charge < -0.3 is 19.8 Å². The zero-order valence-corrected chi connectivity index (χ0v) is 17.3. The molecule has 0 saturated heterocycles. The van der Waals surface area contributed by atoms with Crippen molar-refractivity contribution in [3.05, 3.63) is 68.9 Å². The van der Waals surface area contributed by atoms with Gasteiger partial charge in [-0.1, -0.05) is 11.6 Å². The molecule has 0 saturated carbocycles. The number of aromatic nitrogens is 2. The van der Waals surface area contributed by atoms with Crippen molar-refractivity contribution in [1.29, 1.82) is 0 Å². The molecular formula is C19H18ClN5O6. The van der Waals surface area contributed by atoms with E-state index in [1.165, 1.54) is 36.0 Å². The summed E-state index contributed by atoms with van der Waals surface area (Å²) in [7, 11) is 1.47. The van der Waals surface area contributed by atoms with Crippen LogP contribution in [0.25, 0.3) is 0 Å². The molecule has 0 radical (unpaired) electrons. The van der Waals surface area contributed by atoms with Crippen LogP contribution in [0.3, 0.4) is 0 Å². The van der Waals surface area contributed by atoms with Crippen LogP contribution in [0.5, 0.6) is 5.75 Å². The molecule has 162 valence electrons. The van der Waals surface area contributed by atoms with Crippen LogP contribution >= 0.6 is 11.6 Å². The number of hydrogen-bond donors (Lipinski definition) is 2. The molecule has 2 N–H and O–H groups in total. The predicted octanol–water partition coefficient (Wildman–Crippen LogP) is 3.25. The number of furan rings is 1. The lowest BCUT2D eigenvalue weighted by molar-refractivity contribution is -0.384. The molecule has 0 unspecified atom stereocenters. The highest BCUT2D eigenvalue weighted by atomic mass is 35.5. The highest BCUT2D eigenvalue weighted by molar-refractivity contribution is 6.32. The number of nitrogens with one attached hydrogen (secondary N) is 2. The van der Waals surface area contributed by atoms with Crippen molar-refractivity contribution in [3.63, 3.8) is 0 Å². The maximum absolute atomic E-state index is 12.5. The fourth-order valence-corrected chi connectivity index (χ4v) is 2.82. The van der Waals surface area contributed by atoms with Gasteiger partial charge in [0.05, 0.1) is 15.6 Å². The van der Waals surface area contributed by atoms with Gasteiger partial charge in [0, 0.05) is 31.9 Å². The number of nitro benzene ring substituents is 1. The first kappa shape index (κ1) is 21.8. The van der Waals surface area contributed by atoms with Gasteiger partial charge in [-0.25, -0.2) is 0 Å². The van der Waals surface area contributed by atoms with E-state index >= 15 is 0 Å². The van der Waals surface area contributed by atoms with Gasteiger partial charge in [0.15, 0.2) is 11.5 Å². The summed E-state index contributed by atoms with van der Waals surface area (Å²) in [5.74, 6) is -0.441. The number of nitro groups is 1. The monoisotopic (exact) mass is 447 g/mol. The van der Waals surface area contributed by atoms with E-state index in [1.54, 1.807) is 12.3 Å². The summed E-state index contributed by atoms with van der Waals surface area (Å²) in [5.41, 5.74) is 0.176. The van der Waals surface area contributed by atoms with E-state index < -0.39 is 16.7 Å². The van der Waals surface area contributed by atoms with E-state index in [4.69, 9.17) is 20.8 Å². The zero-order valence-electron chi connectivity index (χ0n) is 16.5. The van der Waals surface area contributed by atoms with Crippen LogP contribution in [0.2, 0.25) is 5.02 Å². The summed E-state index contributed by atoms with van der Waals surface area (Å²) < 4.78 is 12.5. The molecular weight excluding hydrogens is 430 g/mol. The minimum Gasteiger partial charge on any atom is -0.484 e. The summed E-state index contributed by atoms with van der Waals surface area (Å²) in [4.78, 5) is 34.7. The summed E-state index contributed by atoms with van der Waals surface area (Å²) in [6.07, 6.45) is 1.55. The Balaban J connectivity index is 1.67. The fourth-order valence-electron chi connectivity index (χ4n) is 2.59. The van der Waals surface area contributed by atoms with Crippen molar-refractivity contribution in [2.75, 3.05) is 12.4 Å². The average molecular weight is 448 g/mol. The van der Waals surface area contributed by atoms with Crippen LogP contribution in [-0.2, 0) is 13.2 Å². The fraction of sp³-hybridized carbons (Fsp3) is 0.211. The van der Waals surface area contributed by atoms with Crippen LogP contribution < -0.4 is 15.4 Å². The Morgan fingerprint density at radius 3 is 2.71 bits per heavy atom. The van der Waals surface area contributed by atoms with Crippen molar-refractivity contribution in [1.82, 2.24) is 15.1 Å². The smallest absolute Gasteiger partial charge is 0.291 e. The SMILES string of the molecule is CCn1cc(NC(=O)c2ccc(COc3ccc([N+](=O)[O-])cc3Cl)o2)c(C(=O)NC)n1. The minimum atomic E-state index is -0.569. The lowest BCUT2D eigenvalue weighted by atomic mass is 10.3. The minimum absolute atomic E-state index is 0.000464. The largest absolute Gasteiger partial charge is 0.484 e. The van der Waals surface area contributed by atoms with E-state index in [9.17, 15) is 19.7 Å². The van der Waals surface area contributed by atoms with Crippen LogP contribution in [0.15, 0.2) is 40.9 Å². The second-order valence-electron chi connectivity index (χ2n) is 6.21. The normalized spacial score (nSPS) is 10.5. The molecule has 0 bridgehead atoms. The summed E-state index contributed by atoms with van der Waals surface area (Å²) in [6, 6.07) is 6.82. The Hall–Kier alpha value is -3.86. The van der Waals surface area contributed by atoms with Gasteiger partial charge in [-0.3, -0.25) is 24.4 Å². The molecule has 2 heterocycles. The van der Waals surface area contributed by atoms with Gasteiger partial charge >= 0.3 is 0 Å². The molecule has 0 atom stereocenters. The molecule has 2 amide bonds. The number of carbonyl (C=O) groups excluding carboxylic acids is 2. The van der Waals surface area contributed by atoms with E-state index in [2.05, 4.69) is 15.7 Å². The van der Waals surface area contributed by atoms with Gasteiger partial charge in [-0.05, 0) is 25.1 Å². The quantitative estimate of drug-likeness (QED) is 0.398. The number of hydrogen-bond acceptors (Lipinski definition) is 7. The topological polar surface area (TPSA) is 142 Å². The first-order valence-electron chi connectivity index (χ1n) is 9.08. The van der Waals surface area contributed by atoms with E-state index in [-0.39, 0.29) is 40.2 Å². The van der Waals surface area contributed by atoms with E-state index in [1.807, 2.05) is 6.92 Å². The Labute approximate surface area is 181 Å². The van der Waals surface area contributed by atoms with Gasteiger partial charge in [-0.15, -0.1) is 0 Å². The third-order valence-electron chi connectivity index (χ3n) is 4.16. The maximum atomic E-state index is 12.5. The molecule has 0 aliphatic rings. The number of carbonyl (C=O) groups is 2. The molecule has 31 heavy (non-hydrogen) atoms. The molecule has 11 nitrogen and oxygen atoms in total. The highest BCUT2D eigenvalue weighted by Gasteiger charge is 2.20. The molecule has 2 aromatic heterocycles. The highest BCUT2D eigenvalue weighted by Crippen LogP contribution is 2.29. The number of halogens is 1. The molecule has 0 spiro atoms. The van der Waals surface area contributed by atoms with Crippen molar-refractivity contribution in [2.24, 2.45) is 0 Å². The molecule has 3 aromatic rings. The standard InChI is InChI=1S/C19H18ClN5O6/c1-3-24-9-14(17(23-24)19(27)21-2)22-18(26)16-7-5-12(31-16)10-30-15-6-4-11(25(28)29)8-13(15)20/h4-9H,3,10H2,1-2H3,(H,21,27)(H,22,26). The molecule has 1 aromatic carbocycles. The number of aryl methyl sites for hydroxylation is 1. The van der Waals surface area contributed by atoms with Crippen LogP contribution in [0.1, 0.15) is 33.7 Å². The van der Waals surface area contributed by atoms with Crippen LogP contribution in [0.4, 0.5) is 11.4 Å². The number of anilines is 1.